The first kappa shape index (κ1) is 17.6. The van der Waals surface area contributed by atoms with Gasteiger partial charge in [0.15, 0.2) is 5.78 Å². The zero-order chi connectivity index (χ0) is 18.5. The number of Topliss-reactive ketones (excluding diaryl/α,β-unsaturated/α-hetero) is 1. The van der Waals surface area contributed by atoms with Crippen molar-refractivity contribution in [1.82, 2.24) is 0 Å². The van der Waals surface area contributed by atoms with Crippen molar-refractivity contribution >= 4 is 5.78 Å². The molecule has 1 aromatic rings. The lowest BCUT2D eigenvalue weighted by molar-refractivity contribution is -0.386. The maximum atomic E-state index is 12.7. The monoisotopic (exact) mass is 340 g/mol. The van der Waals surface area contributed by atoms with Crippen molar-refractivity contribution in [3.63, 3.8) is 0 Å². The molecule has 6 nitrogen and oxygen atoms in total. The number of hydrogen-bond donors (Lipinski definition) is 0. The second kappa shape index (κ2) is 5.64. The van der Waals surface area contributed by atoms with Gasteiger partial charge in [-0.3, -0.25) is 4.79 Å². The van der Waals surface area contributed by atoms with Gasteiger partial charge in [-0.1, -0.05) is 24.3 Å². The lowest BCUT2D eigenvalue weighted by atomic mass is 9.57. The van der Waals surface area contributed by atoms with E-state index in [-0.39, 0.29) is 12.2 Å². The fraction of sp³-hybridized carbons (Fsp3) is 0.526. The van der Waals surface area contributed by atoms with E-state index in [9.17, 15) is 15.3 Å². The summed E-state index contributed by atoms with van der Waals surface area (Å²) in [7, 11) is 2.77. The average Bonchev–Trinajstić information content (AvgIpc) is 2.61. The number of nitriles is 2. The Bertz CT molecular complexity index is 784. The summed E-state index contributed by atoms with van der Waals surface area (Å²) in [5.74, 6) is -2.44. The predicted octanol–water partition coefficient (Wildman–Crippen LogP) is 2.76. The summed E-state index contributed by atoms with van der Waals surface area (Å²) in [4.78, 5) is 12.7. The number of fused-ring (bicyclic) bond motifs is 3. The second-order valence-corrected chi connectivity index (χ2v) is 6.93. The Hall–Kier alpha value is -2.25. The molecule has 3 rings (SSSR count). The molecule has 0 unspecified atom stereocenters. The van der Waals surface area contributed by atoms with Crippen molar-refractivity contribution in [2.75, 3.05) is 14.2 Å². The molecule has 0 spiro atoms. The number of hydrogen-bond acceptors (Lipinski definition) is 6. The summed E-state index contributed by atoms with van der Waals surface area (Å²) in [6, 6.07) is 11.4. The third kappa shape index (κ3) is 1.96. The van der Waals surface area contributed by atoms with Crippen molar-refractivity contribution in [3.05, 3.63) is 35.4 Å². The Morgan fingerprint density at radius 3 is 2.32 bits per heavy atom. The van der Waals surface area contributed by atoms with Crippen LogP contribution in [0.3, 0.4) is 0 Å². The topological polar surface area (TPSA) is 92.3 Å². The van der Waals surface area contributed by atoms with Gasteiger partial charge in [0.1, 0.15) is 5.60 Å². The van der Waals surface area contributed by atoms with E-state index in [1.54, 1.807) is 26.0 Å². The number of benzene rings is 1. The molecule has 130 valence electrons. The van der Waals surface area contributed by atoms with Crippen LogP contribution < -0.4 is 0 Å². The van der Waals surface area contributed by atoms with Gasteiger partial charge in [-0.05, 0) is 19.4 Å². The van der Waals surface area contributed by atoms with Crippen molar-refractivity contribution < 1.29 is 19.0 Å². The molecule has 2 atom stereocenters. The third-order valence-corrected chi connectivity index (χ3v) is 5.56. The molecule has 6 heteroatoms. The quantitative estimate of drug-likeness (QED) is 0.769. The molecule has 1 aromatic carbocycles. The highest BCUT2D eigenvalue weighted by molar-refractivity contribution is 5.99. The van der Waals surface area contributed by atoms with Crippen LogP contribution in [0.5, 0.6) is 0 Å². The molecule has 1 heterocycles. The van der Waals surface area contributed by atoms with Gasteiger partial charge in [-0.15, -0.1) is 0 Å². The number of ether oxygens (including phenoxy) is 3. The highest BCUT2D eigenvalue weighted by atomic mass is 16.7. The van der Waals surface area contributed by atoms with Crippen LogP contribution in [0.2, 0.25) is 0 Å². The molecule has 0 amide bonds. The summed E-state index contributed by atoms with van der Waals surface area (Å²) >= 11 is 0. The molecule has 0 radical (unpaired) electrons. The lowest BCUT2D eigenvalue weighted by Gasteiger charge is -2.59. The van der Waals surface area contributed by atoms with Crippen LogP contribution in [0.4, 0.5) is 0 Å². The minimum absolute atomic E-state index is 0.0212. The van der Waals surface area contributed by atoms with Crippen molar-refractivity contribution in [2.24, 2.45) is 11.3 Å². The van der Waals surface area contributed by atoms with Gasteiger partial charge in [0.05, 0.1) is 18.2 Å². The standard InChI is InChI=1S/C19H20N2O4/c1-17(2)19(23-3,24-4)18(10-20,11-21)14-9-15(22)12-7-5-6-8-13(12)16(14)25-17/h5-8,14,16H,9H2,1-4H3/t14-,16+/m1/s1. The maximum Gasteiger partial charge on any atom is 0.230 e. The highest BCUT2D eigenvalue weighted by Crippen LogP contribution is 2.61. The van der Waals surface area contributed by atoms with Gasteiger partial charge >= 0.3 is 0 Å². The van der Waals surface area contributed by atoms with E-state index < -0.39 is 28.8 Å². The molecule has 1 fully saturated rings. The van der Waals surface area contributed by atoms with Crippen molar-refractivity contribution in [2.45, 2.75) is 37.8 Å². The van der Waals surface area contributed by atoms with Crippen LogP contribution in [-0.4, -0.2) is 31.4 Å². The molecule has 1 saturated heterocycles. The van der Waals surface area contributed by atoms with Crippen LogP contribution in [-0.2, 0) is 14.2 Å². The van der Waals surface area contributed by atoms with E-state index in [0.29, 0.717) is 11.1 Å². The zero-order valence-corrected chi connectivity index (χ0v) is 14.7. The predicted molar refractivity (Wildman–Crippen MR) is 87.2 cm³/mol. The maximum absolute atomic E-state index is 12.7. The van der Waals surface area contributed by atoms with E-state index in [1.807, 2.05) is 12.1 Å². The molecule has 25 heavy (non-hydrogen) atoms. The van der Waals surface area contributed by atoms with E-state index in [2.05, 4.69) is 12.1 Å². The number of nitrogens with zero attached hydrogens (tertiary/aromatic N) is 2. The highest BCUT2D eigenvalue weighted by Gasteiger charge is 2.73. The van der Waals surface area contributed by atoms with Crippen molar-refractivity contribution in [3.8, 4) is 12.1 Å². The molecule has 2 aliphatic rings. The minimum atomic E-state index is -1.70. The van der Waals surface area contributed by atoms with Gasteiger partial charge in [-0.25, -0.2) is 0 Å². The molecule has 1 aliphatic heterocycles. The summed E-state index contributed by atoms with van der Waals surface area (Å²) < 4.78 is 17.5. The Morgan fingerprint density at radius 2 is 1.76 bits per heavy atom. The van der Waals surface area contributed by atoms with Crippen LogP contribution in [0, 0.1) is 34.0 Å². The summed E-state index contributed by atoms with van der Waals surface area (Å²) in [6.45, 7) is 3.47. The molecule has 0 aromatic heterocycles. The van der Waals surface area contributed by atoms with Crippen LogP contribution in [0.25, 0.3) is 0 Å². The first-order chi connectivity index (χ1) is 11.8. The van der Waals surface area contributed by atoms with E-state index in [1.165, 1.54) is 14.2 Å². The number of rotatable bonds is 2. The summed E-state index contributed by atoms with van der Waals surface area (Å²) in [6.07, 6.45) is -0.547. The Balaban J connectivity index is 2.30. The zero-order valence-electron chi connectivity index (χ0n) is 14.7. The first-order valence-corrected chi connectivity index (χ1v) is 8.07. The minimum Gasteiger partial charge on any atom is -0.361 e. The largest absolute Gasteiger partial charge is 0.361 e. The van der Waals surface area contributed by atoms with E-state index in [4.69, 9.17) is 14.2 Å². The van der Waals surface area contributed by atoms with Crippen molar-refractivity contribution in [1.29, 1.82) is 10.5 Å². The third-order valence-electron chi connectivity index (χ3n) is 5.56. The fourth-order valence-corrected chi connectivity index (χ4v) is 4.51. The van der Waals surface area contributed by atoms with Gasteiger partial charge in [0, 0.05) is 32.1 Å². The lowest BCUT2D eigenvalue weighted by Crippen LogP contribution is -2.71. The Labute approximate surface area is 146 Å². The number of carbonyl (C=O) groups excluding carboxylic acids is 1. The van der Waals surface area contributed by atoms with Crippen LogP contribution in [0.15, 0.2) is 24.3 Å². The van der Waals surface area contributed by atoms with Crippen LogP contribution >= 0.6 is 0 Å². The summed E-state index contributed by atoms with van der Waals surface area (Å²) in [5.41, 5.74) is -1.53. The molecule has 1 aliphatic carbocycles. The average molecular weight is 340 g/mol. The first-order valence-electron chi connectivity index (χ1n) is 8.07. The van der Waals surface area contributed by atoms with Gasteiger partial charge in [0.2, 0.25) is 11.2 Å². The van der Waals surface area contributed by atoms with Gasteiger partial charge < -0.3 is 14.2 Å². The molecular weight excluding hydrogens is 320 g/mol. The molecular formula is C19H20N2O4. The normalized spacial score (nSPS) is 28.2. The van der Waals surface area contributed by atoms with Crippen LogP contribution in [0.1, 0.15) is 42.3 Å². The number of ketones is 1. The van der Waals surface area contributed by atoms with E-state index >= 15 is 0 Å². The SMILES string of the molecule is COC1(OC)C(C)(C)O[C@H]2c3ccccc3C(=O)C[C@H]2C1(C#N)C#N. The molecule has 0 saturated carbocycles. The van der Waals surface area contributed by atoms with E-state index in [0.717, 1.165) is 0 Å². The smallest absolute Gasteiger partial charge is 0.230 e. The van der Waals surface area contributed by atoms with Gasteiger partial charge in [0.25, 0.3) is 0 Å². The number of methoxy groups -OCH3 is 2. The molecule has 0 N–H and O–H groups in total. The Morgan fingerprint density at radius 1 is 1.16 bits per heavy atom. The number of carbonyl (C=O) groups is 1. The van der Waals surface area contributed by atoms with Gasteiger partial charge in [-0.2, -0.15) is 10.5 Å². The fourth-order valence-electron chi connectivity index (χ4n) is 4.51. The summed E-state index contributed by atoms with van der Waals surface area (Å²) in [5, 5.41) is 20.1. The molecule has 0 bridgehead atoms. The second-order valence-electron chi connectivity index (χ2n) is 6.93. The Kier molecular flexibility index (Phi) is 3.96.